The monoisotopic (exact) mass is 316 g/mol. The molecule has 1 aromatic rings. The van der Waals surface area contributed by atoms with E-state index in [9.17, 15) is 27.9 Å². The molecule has 0 unspecified atom stereocenters. The third-order valence-electron chi connectivity index (χ3n) is 3.65. The van der Waals surface area contributed by atoms with Crippen LogP contribution in [0.2, 0.25) is 0 Å². The molecule has 0 bridgehead atoms. The molecule has 1 fully saturated rings. The Morgan fingerprint density at radius 2 is 2.00 bits per heavy atom. The number of alkyl halides is 3. The molecule has 0 aliphatic carbocycles. The largest absolute Gasteiger partial charge is 0.437 e. The van der Waals surface area contributed by atoms with Gasteiger partial charge in [-0.05, 0) is 19.4 Å². The third-order valence-corrected chi connectivity index (χ3v) is 3.65. The number of rotatable bonds is 2. The summed E-state index contributed by atoms with van der Waals surface area (Å²) in [4.78, 5) is 23.4. The number of Topliss-reactive ketones (excluding diaryl/α,β-unsaturated/α-hetero) is 1. The summed E-state index contributed by atoms with van der Waals surface area (Å²) in [6.45, 7) is 2.68. The number of hydrogen-bond acceptors (Lipinski definition) is 3. The second-order valence-corrected chi connectivity index (χ2v) is 5.34. The molecule has 22 heavy (non-hydrogen) atoms. The van der Waals surface area contributed by atoms with Gasteiger partial charge in [-0.15, -0.1) is 0 Å². The normalized spacial score (nSPS) is 28.7. The number of aryl methyl sites for hydroxylation is 1. The molecular weight excluding hydrogens is 301 g/mol. The Labute approximate surface area is 124 Å². The Hall–Kier alpha value is -2.09. The van der Waals surface area contributed by atoms with Crippen molar-refractivity contribution in [3.8, 4) is 0 Å². The molecule has 2 amide bonds. The molecule has 5 nitrogen and oxygen atoms in total. The smallest absolute Gasteiger partial charge is 0.363 e. The summed E-state index contributed by atoms with van der Waals surface area (Å²) in [5.74, 6) is -2.79. The van der Waals surface area contributed by atoms with Crippen LogP contribution in [0.4, 0.5) is 18.0 Å². The Morgan fingerprint density at radius 1 is 1.36 bits per heavy atom. The fraction of sp³-hybridized carbons (Fsp3) is 0.429. The van der Waals surface area contributed by atoms with Crippen molar-refractivity contribution < 1.29 is 27.9 Å². The van der Waals surface area contributed by atoms with E-state index in [1.165, 1.54) is 11.4 Å². The minimum atomic E-state index is -5.19. The van der Waals surface area contributed by atoms with E-state index in [1.807, 2.05) is 0 Å². The number of carbonyl (C=O) groups is 2. The lowest BCUT2D eigenvalue weighted by molar-refractivity contribution is -0.290. The Balaban J connectivity index is 2.57. The number of ketones is 1. The number of aliphatic hydroxyl groups is 1. The first-order chi connectivity index (χ1) is 10.1. The summed E-state index contributed by atoms with van der Waals surface area (Å²) in [6, 6.07) is 3.91. The highest BCUT2D eigenvalue weighted by Gasteiger charge is 2.65. The minimum absolute atomic E-state index is 0.317. The number of benzene rings is 1. The van der Waals surface area contributed by atoms with Crippen LogP contribution in [0.15, 0.2) is 24.3 Å². The van der Waals surface area contributed by atoms with Crippen LogP contribution in [0.1, 0.15) is 24.1 Å². The lowest BCUT2D eigenvalue weighted by Gasteiger charge is -2.44. The van der Waals surface area contributed by atoms with Crippen molar-refractivity contribution >= 4 is 11.8 Å². The van der Waals surface area contributed by atoms with Gasteiger partial charge in [0.15, 0.2) is 0 Å². The van der Waals surface area contributed by atoms with Crippen LogP contribution in [0.5, 0.6) is 0 Å². The first-order valence-corrected chi connectivity index (χ1v) is 6.51. The standard InChI is InChI=1S/C14H15F3N2O3/c1-7-4-3-5-9(6-7)11-10(8(2)20)13(22,14(15,16)17)19-12(21)18-11/h3-6,10-11,22H,1-2H3,(H2,18,19,21)/t10-,11+,13-/m1/s1. The van der Waals surface area contributed by atoms with Crippen LogP contribution >= 0.6 is 0 Å². The van der Waals surface area contributed by atoms with Crippen LogP contribution in [-0.2, 0) is 4.79 Å². The van der Waals surface area contributed by atoms with Gasteiger partial charge in [-0.1, -0.05) is 29.8 Å². The molecule has 120 valence electrons. The van der Waals surface area contributed by atoms with Crippen LogP contribution in [0, 0.1) is 12.8 Å². The van der Waals surface area contributed by atoms with Crippen LogP contribution in [-0.4, -0.2) is 28.8 Å². The van der Waals surface area contributed by atoms with E-state index < -0.39 is 35.7 Å². The van der Waals surface area contributed by atoms with Crippen molar-refractivity contribution in [1.82, 2.24) is 10.6 Å². The number of amides is 2. The SMILES string of the molecule is CC(=O)[C@@H]1[C@H](c2cccc(C)c2)NC(=O)N[C@]1(O)C(F)(F)F. The quantitative estimate of drug-likeness (QED) is 0.778. The third kappa shape index (κ3) is 2.66. The summed E-state index contributed by atoms with van der Waals surface area (Å²) in [7, 11) is 0. The van der Waals surface area contributed by atoms with Crippen molar-refractivity contribution in [3.63, 3.8) is 0 Å². The summed E-state index contributed by atoms with van der Waals surface area (Å²) in [5, 5.41) is 13.7. The van der Waals surface area contributed by atoms with Crippen molar-refractivity contribution in [2.45, 2.75) is 31.8 Å². The van der Waals surface area contributed by atoms with E-state index in [4.69, 9.17) is 0 Å². The van der Waals surface area contributed by atoms with Crippen molar-refractivity contribution in [2.24, 2.45) is 5.92 Å². The zero-order valence-electron chi connectivity index (χ0n) is 11.9. The second kappa shape index (κ2) is 5.28. The van der Waals surface area contributed by atoms with Gasteiger partial charge in [-0.25, -0.2) is 4.79 Å². The van der Waals surface area contributed by atoms with Gasteiger partial charge in [0.1, 0.15) is 5.78 Å². The molecule has 3 N–H and O–H groups in total. The highest BCUT2D eigenvalue weighted by molar-refractivity contribution is 5.86. The van der Waals surface area contributed by atoms with Crippen molar-refractivity contribution in [1.29, 1.82) is 0 Å². The first-order valence-electron chi connectivity index (χ1n) is 6.51. The van der Waals surface area contributed by atoms with Crippen molar-refractivity contribution in [2.75, 3.05) is 0 Å². The number of nitrogens with one attached hydrogen (secondary N) is 2. The highest BCUT2D eigenvalue weighted by atomic mass is 19.4. The van der Waals surface area contributed by atoms with E-state index in [1.54, 1.807) is 25.1 Å². The average Bonchev–Trinajstić information content (AvgIpc) is 2.35. The molecule has 0 aromatic heterocycles. The number of hydrogen-bond donors (Lipinski definition) is 3. The van der Waals surface area contributed by atoms with Crippen LogP contribution in [0.3, 0.4) is 0 Å². The fourth-order valence-electron chi connectivity index (χ4n) is 2.67. The Kier molecular flexibility index (Phi) is 3.90. The van der Waals surface area contributed by atoms with E-state index in [0.29, 0.717) is 5.56 Å². The molecule has 1 saturated heterocycles. The number of carbonyl (C=O) groups excluding carboxylic acids is 2. The summed E-state index contributed by atoms with van der Waals surface area (Å²) in [5.41, 5.74) is -2.55. The lowest BCUT2D eigenvalue weighted by atomic mass is 9.79. The van der Waals surface area contributed by atoms with Gasteiger partial charge < -0.3 is 15.7 Å². The van der Waals surface area contributed by atoms with Gasteiger partial charge in [0, 0.05) is 0 Å². The topological polar surface area (TPSA) is 78.4 Å². The summed E-state index contributed by atoms with van der Waals surface area (Å²) in [6.07, 6.45) is -5.19. The number of urea groups is 1. The zero-order chi connectivity index (χ0) is 16.7. The molecule has 0 radical (unpaired) electrons. The first kappa shape index (κ1) is 16.3. The van der Waals surface area contributed by atoms with E-state index in [2.05, 4.69) is 5.32 Å². The fourth-order valence-corrected chi connectivity index (χ4v) is 2.67. The Morgan fingerprint density at radius 3 is 2.50 bits per heavy atom. The summed E-state index contributed by atoms with van der Waals surface area (Å²) >= 11 is 0. The van der Waals surface area contributed by atoms with E-state index in [0.717, 1.165) is 12.5 Å². The predicted octanol–water partition coefficient (Wildman–Crippen LogP) is 1.81. The molecule has 3 atom stereocenters. The van der Waals surface area contributed by atoms with Gasteiger partial charge in [0.25, 0.3) is 0 Å². The lowest BCUT2D eigenvalue weighted by Crippen LogP contribution is -2.72. The molecule has 8 heteroatoms. The van der Waals surface area contributed by atoms with Gasteiger partial charge in [0.05, 0.1) is 12.0 Å². The molecule has 0 spiro atoms. The van der Waals surface area contributed by atoms with E-state index >= 15 is 0 Å². The highest BCUT2D eigenvalue weighted by Crippen LogP contribution is 2.42. The molecule has 1 heterocycles. The second-order valence-electron chi connectivity index (χ2n) is 5.34. The van der Waals surface area contributed by atoms with Gasteiger partial charge in [-0.3, -0.25) is 4.79 Å². The maximum absolute atomic E-state index is 13.2. The molecule has 2 rings (SSSR count). The van der Waals surface area contributed by atoms with Crippen LogP contribution in [0.25, 0.3) is 0 Å². The maximum Gasteiger partial charge on any atom is 0.437 e. The molecular formula is C14H15F3N2O3. The molecule has 1 aliphatic heterocycles. The van der Waals surface area contributed by atoms with E-state index in [-0.39, 0.29) is 0 Å². The van der Waals surface area contributed by atoms with Gasteiger partial charge in [0.2, 0.25) is 5.72 Å². The molecule has 1 aromatic carbocycles. The average molecular weight is 316 g/mol. The molecule has 1 aliphatic rings. The van der Waals surface area contributed by atoms with Crippen LogP contribution < -0.4 is 10.6 Å². The maximum atomic E-state index is 13.2. The minimum Gasteiger partial charge on any atom is -0.363 e. The van der Waals surface area contributed by atoms with Gasteiger partial charge >= 0.3 is 12.2 Å². The number of halogens is 3. The predicted molar refractivity (Wildman–Crippen MR) is 70.8 cm³/mol. The zero-order valence-corrected chi connectivity index (χ0v) is 11.9. The Bertz CT molecular complexity index is 618. The molecule has 0 saturated carbocycles. The van der Waals surface area contributed by atoms with Gasteiger partial charge in [-0.2, -0.15) is 13.2 Å². The summed E-state index contributed by atoms with van der Waals surface area (Å²) < 4.78 is 39.7. The van der Waals surface area contributed by atoms with Crippen molar-refractivity contribution in [3.05, 3.63) is 35.4 Å².